The summed E-state index contributed by atoms with van der Waals surface area (Å²) in [6, 6.07) is 3.25. The molecule has 0 atom stereocenters. The maximum absolute atomic E-state index is 12.1. The molecule has 0 fully saturated rings. The molecule has 1 rings (SSSR count). The maximum Gasteiger partial charge on any atom is 0.241 e. The number of aryl methyl sites for hydroxylation is 1. The standard InChI is InChI=1S/C11H14Br2N2O3S/c1-7-5-9(13)10(6-8(7)12)19(17,18)15-4-3-11(16)14-2/h5-6,15H,3-4H2,1-2H3,(H,14,16). The van der Waals surface area contributed by atoms with Crippen molar-refractivity contribution in [1.29, 1.82) is 0 Å². The van der Waals surface area contributed by atoms with Gasteiger partial charge in [0.05, 0.1) is 4.90 Å². The molecule has 0 aliphatic rings. The fraction of sp³-hybridized carbons (Fsp3) is 0.364. The first kappa shape index (κ1) is 16.6. The number of hydrogen-bond acceptors (Lipinski definition) is 3. The van der Waals surface area contributed by atoms with Crippen molar-refractivity contribution in [2.45, 2.75) is 18.2 Å². The van der Waals surface area contributed by atoms with Gasteiger partial charge in [0.15, 0.2) is 0 Å². The van der Waals surface area contributed by atoms with Gasteiger partial charge in [-0.05, 0) is 40.5 Å². The molecule has 8 heteroatoms. The minimum atomic E-state index is -3.64. The van der Waals surface area contributed by atoms with Crippen LogP contribution in [-0.4, -0.2) is 27.9 Å². The van der Waals surface area contributed by atoms with E-state index in [1.165, 1.54) is 13.1 Å². The predicted octanol–water partition coefficient (Wildman–Crippen LogP) is 1.93. The second-order valence-electron chi connectivity index (χ2n) is 3.85. The third-order valence-electron chi connectivity index (χ3n) is 2.43. The van der Waals surface area contributed by atoms with Gasteiger partial charge in [-0.25, -0.2) is 13.1 Å². The summed E-state index contributed by atoms with van der Waals surface area (Å²) in [7, 11) is -2.14. The minimum absolute atomic E-state index is 0.0555. The van der Waals surface area contributed by atoms with E-state index in [1.54, 1.807) is 6.07 Å². The summed E-state index contributed by atoms with van der Waals surface area (Å²) >= 11 is 6.53. The Morgan fingerprint density at radius 3 is 2.47 bits per heavy atom. The van der Waals surface area contributed by atoms with Gasteiger partial charge in [-0.15, -0.1) is 0 Å². The summed E-state index contributed by atoms with van der Waals surface area (Å²) in [5.74, 6) is -0.216. The van der Waals surface area contributed by atoms with Crippen molar-refractivity contribution in [1.82, 2.24) is 10.0 Å². The van der Waals surface area contributed by atoms with Crippen LogP contribution in [0.15, 0.2) is 26.0 Å². The number of rotatable bonds is 5. The number of benzene rings is 1. The number of carbonyl (C=O) groups is 1. The van der Waals surface area contributed by atoms with Crippen LogP contribution in [0.5, 0.6) is 0 Å². The van der Waals surface area contributed by atoms with Crippen molar-refractivity contribution >= 4 is 47.8 Å². The molecule has 2 N–H and O–H groups in total. The second kappa shape index (κ2) is 6.83. The van der Waals surface area contributed by atoms with Gasteiger partial charge < -0.3 is 5.32 Å². The van der Waals surface area contributed by atoms with Gasteiger partial charge in [-0.2, -0.15) is 0 Å². The zero-order valence-electron chi connectivity index (χ0n) is 10.5. The summed E-state index contributed by atoms with van der Waals surface area (Å²) in [6.45, 7) is 1.92. The van der Waals surface area contributed by atoms with Crippen LogP contribution in [-0.2, 0) is 14.8 Å². The van der Waals surface area contributed by atoms with Crippen molar-refractivity contribution < 1.29 is 13.2 Å². The number of hydrogen-bond donors (Lipinski definition) is 2. The summed E-state index contributed by atoms with van der Waals surface area (Å²) < 4.78 is 27.8. The molecule has 1 amide bonds. The average molecular weight is 414 g/mol. The lowest BCUT2D eigenvalue weighted by Crippen LogP contribution is -2.29. The van der Waals surface area contributed by atoms with E-state index in [4.69, 9.17) is 0 Å². The lowest BCUT2D eigenvalue weighted by molar-refractivity contribution is -0.120. The van der Waals surface area contributed by atoms with Crippen molar-refractivity contribution in [2.24, 2.45) is 0 Å². The molecule has 19 heavy (non-hydrogen) atoms. The highest BCUT2D eigenvalue weighted by Crippen LogP contribution is 2.28. The van der Waals surface area contributed by atoms with Gasteiger partial charge in [-0.1, -0.05) is 15.9 Å². The Morgan fingerprint density at radius 2 is 1.89 bits per heavy atom. The molecule has 0 radical (unpaired) electrons. The molecule has 0 bridgehead atoms. The Labute approximate surface area is 129 Å². The Balaban J connectivity index is 2.89. The molecule has 0 aromatic heterocycles. The first-order valence-corrected chi connectivity index (χ1v) is 8.50. The number of halogens is 2. The van der Waals surface area contributed by atoms with Crippen LogP contribution in [0.4, 0.5) is 0 Å². The second-order valence-corrected chi connectivity index (χ2v) is 7.30. The highest BCUT2D eigenvalue weighted by Gasteiger charge is 2.18. The van der Waals surface area contributed by atoms with E-state index in [0.717, 1.165) is 5.56 Å². The molecule has 0 aliphatic carbocycles. The number of amides is 1. The fourth-order valence-electron chi connectivity index (χ4n) is 1.34. The first-order valence-electron chi connectivity index (χ1n) is 5.44. The maximum atomic E-state index is 12.1. The first-order chi connectivity index (χ1) is 8.77. The third kappa shape index (κ3) is 4.55. The van der Waals surface area contributed by atoms with E-state index in [-0.39, 0.29) is 23.8 Å². The number of nitrogens with one attached hydrogen (secondary N) is 2. The van der Waals surface area contributed by atoms with Crippen molar-refractivity contribution in [3.05, 3.63) is 26.6 Å². The van der Waals surface area contributed by atoms with Crippen LogP contribution in [0.25, 0.3) is 0 Å². The molecule has 0 unspecified atom stereocenters. The lowest BCUT2D eigenvalue weighted by Gasteiger charge is -2.10. The van der Waals surface area contributed by atoms with Gasteiger partial charge in [0, 0.05) is 29.0 Å². The largest absolute Gasteiger partial charge is 0.359 e. The van der Waals surface area contributed by atoms with Crippen molar-refractivity contribution in [2.75, 3.05) is 13.6 Å². The topological polar surface area (TPSA) is 75.3 Å². The molecule has 0 spiro atoms. The Morgan fingerprint density at radius 1 is 1.26 bits per heavy atom. The monoisotopic (exact) mass is 412 g/mol. The van der Waals surface area contributed by atoms with Crippen LogP contribution in [0.2, 0.25) is 0 Å². The highest BCUT2D eigenvalue weighted by molar-refractivity contribution is 9.11. The summed E-state index contributed by atoms with van der Waals surface area (Å²) in [4.78, 5) is 11.2. The van der Waals surface area contributed by atoms with E-state index in [9.17, 15) is 13.2 Å². The van der Waals surface area contributed by atoms with E-state index in [0.29, 0.717) is 8.95 Å². The van der Waals surface area contributed by atoms with Crippen LogP contribution >= 0.6 is 31.9 Å². The van der Waals surface area contributed by atoms with E-state index in [2.05, 4.69) is 41.9 Å². The van der Waals surface area contributed by atoms with Gasteiger partial charge in [0.25, 0.3) is 0 Å². The average Bonchev–Trinajstić information content (AvgIpc) is 2.33. The molecular weight excluding hydrogens is 400 g/mol. The Hall–Kier alpha value is -0.440. The highest BCUT2D eigenvalue weighted by atomic mass is 79.9. The van der Waals surface area contributed by atoms with Gasteiger partial charge in [-0.3, -0.25) is 4.79 Å². The zero-order chi connectivity index (χ0) is 14.6. The molecule has 0 aliphatic heterocycles. The van der Waals surface area contributed by atoms with Gasteiger partial charge >= 0.3 is 0 Å². The molecule has 0 heterocycles. The quantitative estimate of drug-likeness (QED) is 0.774. The van der Waals surface area contributed by atoms with Crippen molar-refractivity contribution in [3.63, 3.8) is 0 Å². The smallest absolute Gasteiger partial charge is 0.241 e. The van der Waals surface area contributed by atoms with E-state index >= 15 is 0 Å². The Kier molecular flexibility index (Phi) is 5.97. The number of sulfonamides is 1. The third-order valence-corrected chi connectivity index (χ3v) is 5.70. The van der Waals surface area contributed by atoms with E-state index < -0.39 is 10.0 Å². The molecule has 1 aromatic rings. The summed E-state index contributed by atoms with van der Waals surface area (Å²) in [6.07, 6.45) is 0.0976. The molecule has 5 nitrogen and oxygen atoms in total. The molecule has 0 saturated carbocycles. The normalized spacial score (nSPS) is 11.4. The van der Waals surface area contributed by atoms with Gasteiger partial charge in [0.1, 0.15) is 0 Å². The van der Waals surface area contributed by atoms with Crippen LogP contribution in [0.1, 0.15) is 12.0 Å². The zero-order valence-corrected chi connectivity index (χ0v) is 14.4. The van der Waals surface area contributed by atoms with E-state index in [1.807, 2.05) is 6.92 Å². The SMILES string of the molecule is CNC(=O)CCNS(=O)(=O)c1cc(Br)c(C)cc1Br. The van der Waals surface area contributed by atoms with Crippen LogP contribution in [0.3, 0.4) is 0 Å². The minimum Gasteiger partial charge on any atom is -0.359 e. The molecule has 1 aromatic carbocycles. The predicted molar refractivity (Wildman–Crippen MR) is 80.5 cm³/mol. The fourth-order valence-corrected chi connectivity index (χ4v) is 4.04. The van der Waals surface area contributed by atoms with Crippen molar-refractivity contribution in [3.8, 4) is 0 Å². The molecular formula is C11H14Br2N2O3S. The summed E-state index contributed by atoms with van der Waals surface area (Å²) in [5.41, 5.74) is 0.927. The summed E-state index contributed by atoms with van der Waals surface area (Å²) in [5, 5.41) is 2.43. The van der Waals surface area contributed by atoms with Gasteiger partial charge in [0.2, 0.25) is 15.9 Å². The van der Waals surface area contributed by atoms with Crippen LogP contribution in [0, 0.1) is 6.92 Å². The lowest BCUT2D eigenvalue weighted by atomic mass is 10.2. The van der Waals surface area contributed by atoms with Crippen LogP contribution < -0.4 is 10.0 Å². The Bertz CT molecular complexity index is 588. The number of carbonyl (C=O) groups excluding carboxylic acids is 1. The molecule has 106 valence electrons. The molecule has 0 saturated heterocycles.